The van der Waals surface area contributed by atoms with Gasteiger partial charge < -0.3 is 10.0 Å². The first kappa shape index (κ1) is 13.8. The van der Waals surface area contributed by atoms with Crippen LogP contribution in [0, 0.1) is 5.82 Å². The third-order valence-electron chi connectivity index (χ3n) is 3.96. The largest absolute Gasteiger partial charge is 0.384 e. The van der Waals surface area contributed by atoms with Gasteiger partial charge in [0.2, 0.25) is 5.91 Å². The Kier molecular flexibility index (Phi) is 3.47. The Bertz CT molecular complexity index is 699. The maximum atomic E-state index is 13.8. The van der Waals surface area contributed by atoms with Crippen molar-refractivity contribution in [3.8, 4) is 0 Å². The number of fused-ring (bicyclic) bond motifs is 1. The summed E-state index contributed by atoms with van der Waals surface area (Å²) in [5.41, 5.74) is 2.76. The number of nitrogens with zero attached hydrogens (tertiary/aromatic N) is 1. The highest BCUT2D eigenvalue weighted by Crippen LogP contribution is 2.31. The van der Waals surface area contributed by atoms with Crippen LogP contribution in [0.3, 0.4) is 0 Å². The van der Waals surface area contributed by atoms with Gasteiger partial charge in [-0.3, -0.25) is 4.79 Å². The van der Waals surface area contributed by atoms with E-state index in [-0.39, 0.29) is 11.5 Å². The first-order valence-electron chi connectivity index (χ1n) is 6.90. The number of hydrogen-bond acceptors (Lipinski definition) is 2. The van der Waals surface area contributed by atoms with Crippen molar-refractivity contribution >= 4 is 11.6 Å². The van der Waals surface area contributed by atoms with Crippen LogP contribution in [0.25, 0.3) is 0 Å². The molecule has 0 saturated heterocycles. The number of anilines is 1. The molecule has 0 radical (unpaired) electrons. The van der Waals surface area contributed by atoms with Gasteiger partial charge >= 0.3 is 0 Å². The van der Waals surface area contributed by atoms with Gasteiger partial charge in [0, 0.05) is 24.7 Å². The smallest absolute Gasteiger partial charge is 0.227 e. The maximum absolute atomic E-state index is 13.8. The lowest BCUT2D eigenvalue weighted by atomic mass is 9.94. The molecule has 0 aromatic heterocycles. The summed E-state index contributed by atoms with van der Waals surface area (Å²) in [7, 11) is 1.74. The molecule has 1 amide bonds. The van der Waals surface area contributed by atoms with Crippen molar-refractivity contribution in [2.75, 3.05) is 11.9 Å². The van der Waals surface area contributed by atoms with E-state index in [1.54, 1.807) is 36.2 Å². The number of amides is 1. The predicted molar refractivity (Wildman–Crippen MR) is 78.6 cm³/mol. The molecule has 0 saturated carbocycles. The summed E-state index contributed by atoms with van der Waals surface area (Å²) in [6, 6.07) is 11.6. The van der Waals surface area contributed by atoms with E-state index in [0.717, 1.165) is 11.3 Å². The molecule has 0 spiro atoms. The average Bonchev–Trinajstić information content (AvgIpc) is 2.50. The van der Waals surface area contributed by atoms with Crippen LogP contribution in [0.2, 0.25) is 0 Å². The molecule has 21 heavy (non-hydrogen) atoms. The van der Waals surface area contributed by atoms with Gasteiger partial charge in [0.15, 0.2) is 0 Å². The number of rotatable bonds is 2. The van der Waals surface area contributed by atoms with Crippen LogP contribution in [0.5, 0.6) is 0 Å². The van der Waals surface area contributed by atoms with Crippen LogP contribution in [0.15, 0.2) is 42.5 Å². The van der Waals surface area contributed by atoms with Gasteiger partial charge in [-0.05, 0) is 29.7 Å². The van der Waals surface area contributed by atoms with Crippen LogP contribution in [-0.2, 0) is 11.2 Å². The fourth-order valence-electron chi connectivity index (χ4n) is 2.72. The van der Waals surface area contributed by atoms with Crippen molar-refractivity contribution in [3.63, 3.8) is 0 Å². The summed E-state index contributed by atoms with van der Waals surface area (Å²) in [6.07, 6.45) is 0.110. The quantitative estimate of drug-likeness (QED) is 0.921. The summed E-state index contributed by atoms with van der Waals surface area (Å²) in [4.78, 5) is 13.3. The first-order chi connectivity index (χ1) is 10.1. The van der Waals surface area contributed by atoms with Crippen molar-refractivity contribution in [1.82, 2.24) is 0 Å². The molecule has 1 heterocycles. The molecule has 1 unspecified atom stereocenters. The average molecular weight is 285 g/mol. The predicted octanol–water partition coefficient (Wildman–Crippen LogP) is 2.82. The molecule has 2 aromatic carbocycles. The molecule has 108 valence electrons. The molecule has 1 N–H and O–H groups in total. The van der Waals surface area contributed by atoms with Crippen LogP contribution in [0.4, 0.5) is 10.1 Å². The van der Waals surface area contributed by atoms with Gasteiger partial charge in [-0.25, -0.2) is 4.39 Å². The maximum Gasteiger partial charge on any atom is 0.227 e. The highest BCUT2D eigenvalue weighted by atomic mass is 19.1. The zero-order chi connectivity index (χ0) is 15.0. The minimum atomic E-state index is -1.00. The minimum Gasteiger partial charge on any atom is -0.384 e. The van der Waals surface area contributed by atoms with Gasteiger partial charge in [0.1, 0.15) is 11.9 Å². The Labute approximate surface area is 122 Å². The zero-order valence-electron chi connectivity index (χ0n) is 11.7. The van der Waals surface area contributed by atoms with Crippen molar-refractivity contribution in [2.45, 2.75) is 18.9 Å². The van der Waals surface area contributed by atoms with E-state index in [1.807, 2.05) is 12.1 Å². The molecule has 0 bridgehead atoms. The summed E-state index contributed by atoms with van der Waals surface area (Å²) < 4.78 is 13.8. The first-order valence-corrected chi connectivity index (χ1v) is 6.90. The SMILES string of the molecule is CN1C(=O)CCc2cc(C(O)c3ccccc3F)ccc21. The van der Waals surface area contributed by atoms with E-state index in [1.165, 1.54) is 6.07 Å². The third-order valence-corrected chi connectivity index (χ3v) is 3.96. The fraction of sp³-hybridized carbons (Fsp3) is 0.235. The van der Waals surface area contributed by atoms with Crippen molar-refractivity contribution in [2.24, 2.45) is 0 Å². The summed E-state index contributed by atoms with van der Waals surface area (Å²) in [5, 5.41) is 10.4. The van der Waals surface area contributed by atoms with Crippen LogP contribution in [-0.4, -0.2) is 18.1 Å². The Balaban J connectivity index is 1.98. The second-order valence-corrected chi connectivity index (χ2v) is 5.26. The standard InChI is InChI=1S/C17H16FNO2/c1-19-15-8-6-12(10-11(15)7-9-16(19)20)17(21)13-4-2-3-5-14(13)18/h2-6,8,10,17,21H,7,9H2,1H3. The van der Waals surface area contributed by atoms with E-state index >= 15 is 0 Å². The fourth-order valence-corrected chi connectivity index (χ4v) is 2.72. The monoisotopic (exact) mass is 285 g/mol. The van der Waals surface area contributed by atoms with Crippen molar-refractivity contribution in [3.05, 3.63) is 65.0 Å². The number of hydrogen-bond donors (Lipinski definition) is 1. The molecule has 2 aromatic rings. The number of carbonyl (C=O) groups is 1. The molecule has 0 fully saturated rings. The van der Waals surface area contributed by atoms with E-state index in [0.29, 0.717) is 18.4 Å². The number of carbonyl (C=O) groups excluding carboxylic acids is 1. The van der Waals surface area contributed by atoms with E-state index in [9.17, 15) is 14.3 Å². The number of aliphatic hydroxyl groups is 1. The Morgan fingerprint density at radius 3 is 2.71 bits per heavy atom. The topological polar surface area (TPSA) is 40.5 Å². The number of halogens is 1. The molecule has 1 aliphatic rings. The van der Waals surface area contributed by atoms with Gasteiger partial charge in [0.05, 0.1) is 0 Å². The summed E-state index contributed by atoms with van der Waals surface area (Å²) in [5.74, 6) is -0.333. The van der Waals surface area contributed by atoms with Crippen LogP contribution in [0.1, 0.15) is 29.2 Å². The van der Waals surface area contributed by atoms with Gasteiger partial charge in [-0.1, -0.05) is 30.3 Å². The number of aliphatic hydroxyl groups excluding tert-OH is 1. The van der Waals surface area contributed by atoms with Gasteiger partial charge in [-0.15, -0.1) is 0 Å². The number of benzene rings is 2. The van der Waals surface area contributed by atoms with Crippen LogP contribution < -0.4 is 4.90 Å². The van der Waals surface area contributed by atoms with E-state index in [2.05, 4.69) is 0 Å². The lowest BCUT2D eigenvalue weighted by Crippen LogP contribution is -2.31. The van der Waals surface area contributed by atoms with Crippen molar-refractivity contribution in [1.29, 1.82) is 0 Å². The van der Waals surface area contributed by atoms with Crippen molar-refractivity contribution < 1.29 is 14.3 Å². The normalized spacial score (nSPS) is 15.8. The molecule has 3 nitrogen and oxygen atoms in total. The molecule has 0 aliphatic carbocycles. The summed E-state index contributed by atoms with van der Waals surface area (Å²) >= 11 is 0. The minimum absolute atomic E-state index is 0.0879. The molecule has 3 rings (SSSR count). The molecule has 1 atom stereocenters. The lowest BCUT2D eigenvalue weighted by Gasteiger charge is -2.26. The second-order valence-electron chi connectivity index (χ2n) is 5.26. The second kappa shape index (κ2) is 5.30. The van der Waals surface area contributed by atoms with E-state index in [4.69, 9.17) is 0 Å². The van der Waals surface area contributed by atoms with Crippen LogP contribution >= 0.6 is 0 Å². The molecular formula is C17H16FNO2. The highest BCUT2D eigenvalue weighted by Gasteiger charge is 2.22. The summed E-state index contributed by atoms with van der Waals surface area (Å²) in [6.45, 7) is 0. The third kappa shape index (κ3) is 2.43. The Hall–Kier alpha value is -2.20. The Morgan fingerprint density at radius 1 is 1.19 bits per heavy atom. The zero-order valence-corrected chi connectivity index (χ0v) is 11.7. The highest BCUT2D eigenvalue weighted by molar-refractivity contribution is 5.95. The van der Waals surface area contributed by atoms with Gasteiger partial charge in [-0.2, -0.15) is 0 Å². The Morgan fingerprint density at radius 2 is 1.95 bits per heavy atom. The van der Waals surface area contributed by atoms with E-state index < -0.39 is 11.9 Å². The van der Waals surface area contributed by atoms with Gasteiger partial charge in [0.25, 0.3) is 0 Å². The number of aryl methyl sites for hydroxylation is 1. The lowest BCUT2D eigenvalue weighted by molar-refractivity contribution is -0.118. The molecule has 1 aliphatic heterocycles. The molecule has 4 heteroatoms. The molecular weight excluding hydrogens is 269 g/mol.